The number of nitrogens with zero attached hydrogens (tertiary/aromatic N) is 2. The van der Waals surface area contributed by atoms with Crippen LogP contribution in [0.4, 0.5) is 10.1 Å². The first kappa shape index (κ1) is 13.1. The molecule has 0 aromatic heterocycles. The summed E-state index contributed by atoms with van der Waals surface area (Å²) in [5.41, 5.74) is 6.78. The number of halogens is 1. The Balaban J connectivity index is 1.83. The number of nitrogens with two attached hydrogens (primary N) is 1. The van der Waals surface area contributed by atoms with Crippen molar-refractivity contribution in [1.29, 1.82) is 0 Å². The molecule has 1 atom stereocenters. The topological polar surface area (TPSA) is 66.6 Å². The molecule has 5 nitrogen and oxygen atoms in total. The lowest BCUT2D eigenvalue weighted by Crippen LogP contribution is -2.41. The molecule has 106 valence electrons. The Bertz CT molecular complexity index is 570. The molecule has 0 spiro atoms. The van der Waals surface area contributed by atoms with Gasteiger partial charge in [-0.25, -0.2) is 4.39 Å². The van der Waals surface area contributed by atoms with Crippen LogP contribution >= 0.6 is 0 Å². The fourth-order valence-corrected chi connectivity index (χ4v) is 2.80. The summed E-state index contributed by atoms with van der Waals surface area (Å²) in [6.45, 7) is 1.46. The van der Waals surface area contributed by atoms with E-state index in [0.717, 1.165) is 25.9 Å². The van der Waals surface area contributed by atoms with Gasteiger partial charge in [0.25, 0.3) is 0 Å². The minimum atomic E-state index is -0.882. The number of fused-ring (bicyclic) bond motifs is 1. The highest BCUT2D eigenvalue weighted by Crippen LogP contribution is 2.34. The van der Waals surface area contributed by atoms with Gasteiger partial charge in [0.05, 0.1) is 0 Å². The lowest BCUT2D eigenvalue weighted by Gasteiger charge is -2.21. The molecular weight excluding hydrogens is 261 g/mol. The zero-order valence-corrected chi connectivity index (χ0v) is 11.0. The van der Waals surface area contributed by atoms with Crippen LogP contribution in [0.3, 0.4) is 0 Å². The summed E-state index contributed by atoms with van der Waals surface area (Å²) in [4.78, 5) is 27.4. The highest BCUT2D eigenvalue weighted by molar-refractivity contribution is 6.07. The molecule has 0 saturated carbocycles. The molecule has 6 heteroatoms. The first-order valence-corrected chi connectivity index (χ1v) is 6.72. The summed E-state index contributed by atoms with van der Waals surface area (Å²) in [6.07, 6.45) is 2.00. The molecule has 1 aromatic rings. The predicted octanol–water partition coefficient (Wildman–Crippen LogP) is 0.794. The van der Waals surface area contributed by atoms with Gasteiger partial charge in [0.15, 0.2) is 0 Å². The van der Waals surface area contributed by atoms with E-state index in [1.165, 1.54) is 23.1 Å². The largest absolute Gasteiger partial charge is 0.341 e. The summed E-state index contributed by atoms with van der Waals surface area (Å²) in [6, 6.07) is 3.16. The van der Waals surface area contributed by atoms with Crippen LogP contribution in [0.1, 0.15) is 24.4 Å². The zero-order chi connectivity index (χ0) is 14.3. The fourth-order valence-electron chi connectivity index (χ4n) is 2.80. The van der Waals surface area contributed by atoms with Crippen LogP contribution < -0.4 is 10.6 Å². The Kier molecular flexibility index (Phi) is 3.17. The SMILES string of the molecule is NC1C(=O)N(CC(=O)N2CCCC2)c2ccc(F)cc21. The van der Waals surface area contributed by atoms with Gasteiger partial charge in [-0.15, -0.1) is 0 Å². The van der Waals surface area contributed by atoms with Crippen molar-refractivity contribution in [3.05, 3.63) is 29.6 Å². The third-order valence-electron chi connectivity index (χ3n) is 3.90. The molecule has 2 aliphatic heterocycles. The van der Waals surface area contributed by atoms with Crippen molar-refractivity contribution < 1.29 is 14.0 Å². The molecule has 2 heterocycles. The molecular formula is C14H16FN3O2. The van der Waals surface area contributed by atoms with Crippen LogP contribution in [0.25, 0.3) is 0 Å². The molecule has 20 heavy (non-hydrogen) atoms. The number of amides is 2. The predicted molar refractivity (Wildman–Crippen MR) is 71.5 cm³/mol. The summed E-state index contributed by atoms with van der Waals surface area (Å²) in [5.74, 6) is -0.863. The second-order valence-corrected chi connectivity index (χ2v) is 5.19. The standard InChI is InChI=1S/C14H16FN3O2/c15-9-3-4-11-10(7-9)13(16)14(20)18(11)8-12(19)17-5-1-2-6-17/h3-4,7,13H,1-2,5-6,8,16H2. The molecule has 2 amide bonds. The highest BCUT2D eigenvalue weighted by atomic mass is 19.1. The van der Waals surface area contributed by atoms with Crippen molar-refractivity contribution >= 4 is 17.5 Å². The third kappa shape index (κ3) is 2.06. The van der Waals surface area contributed by atoms with Gasteiger partial charge in [-0.3, -0.25) is 9.59 Å². The van der Waals surface area contributed by atoms with E-state index in [1.807, 2.05) is 0 Å². The molecule has 0 bridgehead atoms. The average Bonchev–Trinajstić information content (AvgIpc) is 3.03. The molecule has 0 radical (unpaired) electrons. The summed E-state index contributed by atoms with van der Waals surface area (Å²) < 4.78 is 13.2. The number of hydrogen-bond acceptors (Lipinski definition) is 3. The average molecular weight is 277 g/mol. The normalized spacial score (nSPS) is 21.5. The Morgan fingerprint density at radius 3 is 2.75 bits per heavy atom. The summed E-state index contributed by atoms with van der Waals surface area (Å²) >= 11 is 0. The highest BCUT2D eigenvalue weighted by Gasteiger charge is 2.36. The van der Waals surface area contributed by atoms with Gasteiger partial charge in [-0.1, -0.05) is 0 Å². The van der Waals surface area contributed by atoms with Gasteiger partial charge in [-0.2, -0.15) is 0 Å². The van der Waals surface area contributed by atoms with Crippen LogP contribution in [0.2, 0.25) is 0 Å². The van der Waals surface area contributed by atoms with Gasteiger partial charge >= 0.3 is 0 Å². The minimum Gasteiger partial charge on any atom is -0.341 e. The monoisotopic (exact) mass is 277 g/mol. The van der Waals surface area contributed by atoms with Crippen molar-refractivity contribution in [2.75, 3.05) is 24.5 Å². The third-order valence-corrected chi connectivity index (χ3v) is 3.90. The first-order valence-electron chi connectivity index (χ1n) is 6.72. The Labute approximate surface area is 116 Å². The van der Waals surface area contributed by atoms with E-state index in [-0.39, 0.29) is 18.4 Å². The Hall–Kier alpha value is -1.95. The number of anilines is 1. The lowest BCUT2D eigenvalue weighted by molar-refractivity contribution is -0.130. The smallest absolute Gasteiger partial charge is 0.249 e. The molecule has 1 saturated heterocycles. The maximum Gasteiger partial charge on any atom is 0.249 e. The molecule has 1 fully saturated rings. The van der Waals surface area contributed by atoms with E-state index in [0.29, 0.717) is 11.3 Å². The second-order valence-electron chi connectivity index (χ2n) is 5.19. The fraction of sp³-hybridized carbons (Fsp3) is 0.429. The van der Waals surface area contributed by atoms with E-state index < -0.39 is 11.9 Å². The van der Waals surface area contributed by atoms with E-state index in [9.17, 15) is 14.0 Å². The maximum atomic E-state index is 13.2. The van der Waals surface area contributed by atoms with E-state index >= 15 is 0 Å². The minimum absolute atomic E-state index is 0.0227. The van der Waals surface area contributed by atoms with Crippen molar-refractivity contribution in [2.24, 2.45) is 5.73 Å². The van der Waals surface area contributed by atoms with Gasteiger partial charge < -0.3 is 15.5 Å². The van der Waals surface area contributed by atoms with Gasteiger partial charge in [-0.05, 0) is 31.0 Å². The van der Waals surface area contributed by atoms with Crippen LogP contribution in [-0.4, -0.2) is 36.3 Å². The number of carbonyl (C=O) groups excluding carboxylic acids is 2. The Morgan fingerprint density at radius 1 is 1.35 bits per heavy atom. The molecule has 2 aliphatic rings. The number of likely N-dealkylation sites (tertiary alicyclic amines) is 1. The molecule has 2 N–H and O–H groups in total. The van der Waals surface area contributed by atoms with Crippen LogP contribution in [0.5, 0.6) is 0 Å². The first-order chi connectivity index (χ1) is 9.58. The van der Waals surface area contributed by atoms with Crippen molar-refractivity contribution in [3.8, 4) is 0 Å². The molecule has 1 aromatic carbocycles. The van der Waals surface area contributed by atoms with Gasteiger partial charge in [0, 0.05) is 24.3 Å². The quantitative estimate of drug-likeness (QED) is 0.869. The number of carbonyl (C=O) groups is 2. The van der Waals surface area contributed by atoms with E-state index in [1.54, 1.807) is 4.90 Å². The van der Waals surface area contributed by atoms with Gasteiger partial charge in [0.1, 0.15) is 18.4 Å². The Morgan fingerprint density at radius 2 is 2.05 bits per heavy atom. The molecule has 0 aliphatic carbocycles. The lowest BCUT2D eigenvalue weighted by atomic mass is 10.1. The zero-order valence-electron chi connectivity index (χ0n) is 11.0. The van der Waals surface area contributed by atoms with Gasteiger partial charge in [0.2, 0.25) is 11.8 Å². The van der Waals surface area contributed by atoms with Crippen molar-refractivity contribution in [1.82, 2.24) is 4.90 Å². The van der Waals surface area contributed by atoms with Crippen LogP contribution in [0, 0.1) is 5.82 Å². The summed E-state index contributed by atoms with van der Waals surface area (Å²) in [5, 5.41) is 0. The van der Waals surface area contributed by atoms with E-state index in [2.05, 4.69) is 0 Å². The summed E-state index contributed by atoms with van der Waals surface area (Å²) in [7, 11) is 0. The number of hydrogen-bond donors (Lipinski definition) is 1. The van der Waals surface area contributed by atoms with Crippen molar-refractivity contribution in [3.63, 3.8) is 0 Å². The second kappa shape index (κ2) is 4.86. The molecule has 3 rings (SSSR count). The van der Waals surface area contributed by atoms with Crippen LogP contribution in [-0.2, 0) is 9.59 Å². The number of rotatable bonds is 2. The maximum absolute atomic E-state index is 13.2. The van der Waals surface area contributed by atoms with Crippen molar-refractivity contribution in [2.45, 2.75) is 18.9 Å². The van der Waals surface area contributed by atoms with E-state index in [4.69, 9.17) is 5.73 Å². The van der Waals surface area contributed by atoms with Crippen LogP contribution in [0.15, 0.2) is 18.2 Å². The molecule has 1 unspecified atom stereocenters. The number of benzene rings is 1.